The van der Waals surface area contributed by atoms with Crippen molar-refractivity contribution < 1.29 is 129 Å². The number of halogens is 7. The molecule has 0 saturated carbocycles. The van der Waals surface area contributed by atoms with E-state index in [-0.39, 0.29) is 146 Å². The van der Waals surface area contributed by atoms with Crippen LogP contribution in [-0.2, 0) is 59.1 Å². The molecule has 0 fully saturated rings. The first kappa shape index (κ1) is 111. The number of hydroxylamine groups is 1. The van der Waals surface area contributed by atoms with Crippen LogP contribution in [0.2, 0.25) is 10.0 Å². The fourth-order valence-electron chi connectivity index (χ4n) is 9.42. The lowest BCUT2D eigenvalue weighted by Crippen LogP contribution is -2.25. The zero-order chi connectivity index (χ0) is 98.3. The number of carbonyl (C=O) groups is 7. The fraction of sp³-hybridized carbons (Fsp3) is 0.211. The Kier molecular flexibility index (Phi) is 42.8. The molecule has 0 heterocycles. The van der Waals surface area contributed by atoms with E-state index in [0.717, 1.165) is 84.9 Å². The van der Waals surface area contributed by atoms with Crippen LogP contribution < -0.4 is 16.9 Å². The van der Waals surface area contributed by atoms with Crippen LogP contribution >= 0.6 is 81.2 Å². The highest BCUT2D eigenvalue weighted by Crippen LogP contribution is 2.36. The van der Waals surface area contributed by atoms with Crippen molar-refractivity contribution in [3.05, 3.63) is 249 Å². The number of esters is 3. The van der Waals surface area contributed by atoms with Gasteiger partial charge in [0.15, 0.2) is 0 Å². The van der Waals surface area contributed by atoms with Crippen molar-refractivity contribution in [2.24, 2.45) is 5.73 Å². The van der Waals surface area contributed by atoms with E-state index in [1.54, 1.807) is 62.3 Å². The molecule has 0 radical (unpaired) electrons. The molecule has 127 heavy (non-hydrogen) atoms. The van der Waals surface area contributed by atoms with E-state index in [0.29, 0.717) is 5.56 Å². The summed E-state index contributed by atoms with van der Waals surface area (Å²) in [5, 5.41) is 187. The zero-order valence-electron chi connectivity index (χ0n) is 67.0. The summed E-state index contributed by atoms with van der Waals surface area (Å²) in [6.07, 6.45) is -1.17. The molecule has 51 heteroatoms. The Morgan fingerprint density at radius 3 is 0.953 bits per heavy atom. The second-order valence-corrected chi connectivity index (χ2v) is 30.2. The van der Waals surface area contributed by atoms with Crippen molar-refractivity contribution in [2.75, 3.05) is 5.73 Å². The topological polar surface area (TPSA) is 769 Å². The quantitative estimate of drug-likeness (QED) is 0.00464. The number of nitro groups is 5. The first-order chi connectivity index (χ1) is 58.3. The lowest BCUT2D eigenvalue weighted by molar-refractivity contribution is -0.385. The van der Waals surface area contributed by atoms with E-state index in [1.807, 2.05) is 0 Å². The molecule has 21 N–H and O–H groups in total. The Bertz CT molecular complexity index is 5350. The fourth-order valence-corrected chi connectivity index (χ4v) is 10.9. The van der Waals surface area contributed by atoms with E-state index in [4.69, 9.17) is 170 Å². The van der Waals surface area contributed by atoms with E-state index in [2.05, 4.69) is 0 Å². The van der Waals surface area contributed by atoms with Gasteiger partial charge < -0.3 is 76.7 Å². The standard InChI is InChI=1S/C13H15Cl2NO3.C13H15ClN2O5.C13H17ClN2O3.C9H7Cl2NO3.C7H5ClN2O3.C7H6N2O5.C7H6N2O4.C7H5NO5/c1-13(2,3)19-10(18)6-7-8(14)4-5-9(17)11(7)12(15)16;1-13(2,3)21-10(18)6-7-8(16(19)20)4-5-9(17)11(7)12(14)15;1-13(2,3)19-10(18)6-7-8(15)4-5-9(17)11(7)12(14)16;10-5-1-2-6(13)8(9(11)12)4(5)3-7(14)15;8-7(9)5-3-4(10(12)13)1-2-6(5)11;10-6-2-1-4(9(13)14)3-5(6)7(11)8-12;8-7(11)5-3-4(9(12)13)1-2-6(5)10;9-6-2-1-4(8(12)13)3-5(6)7(10)11/h4-5,16-17H,6H2,1-3H3;4-5,15,17H,6H2,1-3H3;4-5,16-17H,6,15H2,1-3H3;1-2,12-13H,3H2,(H,14,15);1-3,9,11H;1-3,10,12H,(H,8,11);1-3,10H,(H2,8,11);1-3,9H,(H,10,11). The molecule has 0 unspecified atom stereocenters. The second-order valence-electron chi connectivity index (χ2n) is 27.5. The average molecular weight is 1920 g/mol. The van der Waals surface area contributed by atoms with Gasteiger partial charge in [-0.25, -0.2) is 10.3 Å². The molecule has 8 aromatic carbocycles. The minimum absolute atomic E-state index is 0.0356. The number of nitrogen functional groups attached to an aromatic ring is 1. The van der Waals surface area contributed by atoms with E-state index in [9.17, 15) is 105 Å². The van der Waals surface area contributed by atoms with Gasteiger partial charge in [-0.2, -0.15) is 0 Å². The molecule has 0 saturated heterocycles. The number of ether oxygens (including phenoxy) is 3. The maximum Gasteiger partial charge on any atom is 0.339 e. The number of carboxylic acid groups (broad SMARTS) is 2. The molecule has 680 valence electrons. The molecular weight excluding hydrogens is 1840 g/mol. The van der Waals surface area contributed by atoms with Gasteiger partial charge >= 0.3 is 29.8 Å². The van der Waals surface area contributed by atoms with Crippen LogP contribution in [0.4, 0.5) is 34.1 Å². The molecule has 0 spiro atoms. The van der Waals surface area contributed by atoms with Gasteiger partial charge in [0, 0.05) is 75.9 Å². The van der Waals surface area contributed by atoms with Crippen LogP contribution in [0.1, 0.15) is 143 Å². The molecule has 0 aliphatic carbocycles. The van der Waals surface area contributed by atoms with Crippen molar-refractivity contribution in [1.82, 2.24) is 5.48 Å². The van der Waals surface area contributed by atoms with Crippen molar-refractivity contribution >= 4 is 183 Å². The van der Waals surface area contributed by atoms with Crippen LogP contribution in [0.25, 0.3) is 0 Å². The molecule has 8 rings (SSSR count). The summed E-state index contributed by atoms with van der Waals surface area (Å²) in [5.74, 6) is -8.71. The molecule has 0 bridgehead atoms. The number of primary amides is 1. The summed E-state index contributed by atoms with van der Waals surface area (Å²) in [6.45, 7) is 15.5. The summed E-state index contributed by atoms with van der Waals surface area (Å²) < 4.78 is 15.5. The Labute approximate surface area is 750 Å². The summed E-state index contributed by atoms with van der Waals surface area (Å²) in [4.78, 5) is 127. The van der Waals surface area contributed by atoms with Gasteiger partial charge in [-0.05, 0) is 140 Å². The number of nitrogens with one attached hydrogen (secondary N) is 6. The Morgan fingerprint density at radius 2 is 0.646 bits per heavy atom. The third-order valence-electron chi connectivity index (χ3n) is 14.5. The molecule has 44 nitrogen and oxygen atoms in total. The SMILES string of the molecule is CC(C)(C)OC(=O)Cc1c(Cl)ccc(O)c1C(=N)Cl.CC(C)(C)OC(=O)Cc1c(N)ccc(O)c1C(=N)Cl.CC(C)(C)OC(=O)Cc1c([N+](=O)[O-])ccc(O)c1C(=N)Cl.N=C(Cl)c1c(O)ccc(Cl)c1CC(=O)O.N=C(Cl)c1cc([N+](=O)[O-])ccc1O.NC(=O)c1cc([N+](=O)[O-])ccc1O.O=C(NO)c1cc([N+](=O)[O-])ccc1O.O=C(O)c1cc([N+](=O)[O-])ccc1O. The summed E-state index contributed by atoms with van der Waals surface area (Å²) in [7, 11) is 0. The maximum atomic E-state index is 11.8. The number of carbonyl (C=O) groups excluding carboxylic acids is 5. The molecule has 0 aliphatic heterocycles. The minimum atomic E-state index is -1.40. The number of amides is 2. The third kappa shape index (κ3) is 36.9. The predicted molar refractivity (Wildman–Crippen MR) is 461 cm³/mol. The highest BCUT2D eigenvalue weighted by molar-refractivity contribution is 6.71. The van der Waals surface area contributed by atoms with Gasteiger partial charge in [0.1, 0.15) is 94.2 Å². The third-order valence-corrected chi connectivity index (χ3v) is 16.2. The number of nitrogens with two attached hydrogens (primary N) is 2. The number of aliphatic carboxylic acids is 1. The smallest absolute Gasteiger partial charge is 0.339 e. The monoisotopic (exact) mass is 1910 g/mol. The highest BCUT2D eigenvalue weighted by atomic mass is 35.5. The number of nitrogens with zero attached hydrogens (tertiary/aromatic N) is 5. The van der Waals surface area contributed by atoms with Crippen LogP contribution in [0, 0.1) is 77.6 Å². The molecule has 0 atom stereocenters. The van der Waals surface area contributed by atoms with E-state index < -0.39 is 140 Å². The number of aromatic carboxylic acids is 1. The number of nitro benzene ring substituents is 5. The number of anilines is 1. The lowest BCUT2D eigenvalue weighted by atomic mass is 10.0. The summed E-state index contributed by atoms with van der Waals surface area (Å²) in [5.41, 5.74) is 7.88. The van der Waals surface area contributed by atoms with Gasteiger partial charge in [-0.15, -0.1) is 0 Å². The van der Waals surface area contributed by atoms with Crippen molar-refractivity contribution in [1.29, 1.82) is 27.0 Å². The van der Waals surface area contributed by atoms with Crippen molar-refractivity contribution in [3.63, 3.8) is 0 Å². The number of hydrogen-bond acceptors (Lipinski definition) is 35. The largest absolute Gasteiger partial charge is 0.507 e. The molecular formula is C76H76Cl7N13O31. The normalized spacial score (nSPS) is 10.3. The van der Waals surface area contributed by atoms with E-state index in [1.165, 1.54) is 41.9 Å². The second kappa shape index (κ2) is 49.2. The summed E-state index contributed by atoms with van der Waals surface area (Å²) in [6, 6.07) is 22.4. The number of carboxylic acids is 2. The number of hydrogen-bond donors (Lipinski definition) is 19. The van der Waals surface area contributed by atoms with Crippen molar-refractivity contribution in [3.8, 4) is 46.0 Å². The predicted octanol–water partition coefficient (Wildman–Crippen LogP) is 14.6. The zero-order valence-corrected chi connectivity index (χ0v) is 72.3. The number of phenolic OH excluding ortho intramolecular Hbond substituents is 6. The van der Waals surface area contributed by atoms with Gasteiger partial charge in [-0.1, -0.05) is 81.2 Å². The van der Waals surface area contributed by atoms with Gasteiger partial charge in [0.2, 0.25) is 0 Å². The molecule has 8 aromatic rings. The van der Waals surface area contributed by atoms with Crippen LogP contribution in [0.3, 0.4) is 0 Å². The number of phenols is 8. The van der Waals surface area contributed by atoms with Gasteiger partial charge in [0.25, 0.3) is 40.3 Å². The lowest BCUT2D eigenvalue weighted by Gasteiger charge is -2.20. The molecule has 0 aromatic heterocycles. The van der Waals surface area contributed by atoms with E-state index >= 15 is 0 Å². The highest BCUT2D eigenvalue weighted by Gasteiger charge is 2.30. The Balaban J connectivity index is 0.000000730. The number of benzene rings is 8. The van der Waals surface area contributed by atoms with Gasteiger partial charge in [-0.3, -0.25) is 112 Å². The first-order valence-electron chi connectivity index (χ1n) is 34.4. The Morgan fingerprint density at radius 1 is 0.378 bits per heavy atom. The minimum Gasteiger partial charge on any atom is -0.507 e. The van der Waals surface area contributed by atoms with Crippen LogP contribution in [0.5, 0.6) is 46.0 Å². The first-order valence-corrected chi connectivity index (χ1v) is 37.0. The number of aromatic hydroxyl groups is 8. The summed E-state index contributed by atoms with van der Waals surface area (Å²) >= 11 is 39.3. The van der Waals surface area contributed by atoms with Crippen molar-refractivity contribution in [2.45, 2.75) is 105 Å². The van der Waals surface area contributed by atoms with Gasteiger partial charge in [0.05, 0.1) is 94.8 Å². The number of non-ortho nitro benzene ring substituents is 4. The average Bonchev–Trinajstić information content (AvgIpc) is 0.802. The molecule has 2 amide bonds. The molecule has 0 aliphatic rings. The van der Waals surface area contributed by atoms with Crippen LogP contribution in [-0.4, -0.2) is 165 Å². The Hall–Kier alpha value is -14.4. The van der Waals surface area contributed by atoms with Crippen LogP contribution in [0.15, 0.2) is 121 Å². The maximum absolute atomic E-state index is 11.8. The number of rotatable bonds is 21.